The van der Waals surface area contributed by atoms with Gasteiger partial charge < -0.3 is 5.32 Å². The van der Waals surface area contributed by atoms with Crippen LogP contribution in [0, 0.1) is 0 Å². The molecule has 11 heavy (non-hydrogen) atoms. The molecule has 0 saturated carbocycles. The zero-order valence-electron chi connectivity index (χ0n) is 8.33. The van der Waals surface area contributed by atoms with Crippen molar-refractivity contribution in [2.45, 2.75) is 40.5 Å². The average molecular weight is 155 g/mol. The van der Waals surface area contributed by atoms with Crippen molar-refractivity contribution in [1.82, 2.24) is 5.32 Å². The molecule has 0 aromatic heterocycles. The zero-order valence-corrected chi connectivity index (χ0v) is 8.33. The number of nitrogens with one attached hydrogen (secondary N) is 1. The molecule has 0 heterocycles. The Kier molecular flexibility index (Phi) is 6.24. The molecule has 0 saturated heterocycles. The van der Waals surface area contributed by atoms with Crippen LogP contribution in [0.25, 0.3) is 0 Å². The molecular formula is C10H21N. The molecule has 0 spiro atoms. The van der Waals surface area contributed by atoms with Crippen LogP contribution in [0.2, 0.25) is 0 Å². The summed E-state index contributed by atoms with van der Waals surface area (Å²) in [5.41, 5.74) is 2.98. The minimum atomic E-state index is 1.13. The van der Waals surface area contributed by atoms with E-state index in [4.69, 9.17) is 0 Å². The van der Waals surface area contributed by atoms with E-state index in [0.29, 0.717) is 0 Å². The fraction of sp³-hybridized carbons (Fsp3) is 0.800. The first-order chi connectivity index (χ1) is 5.18. The lowest BCUT2D eigenvalue weighted by Crippen LogP contribution is -2.16. The molecule has 66 valence electrons. The molecule has 0 aliphatic rings. The Morgan fingerprint density at radius 2 is 1.73 bits per heavy atom. The Hall–Kier alpha value is -0.300. The average Bonchev–Trinajstić information content (AvgIpc) is 1.97. The van der Waals surface area contributed by atoms with E-state index >= 15 is 0 Å². The molecule has 0 bridgehead atoms. The van der Waals surface area contributed by atoms with Crippen molar-refractivity contribution in [3.63, 3.8) is 0 Å². The predicted octanol–water partition coefficient (Wildman–Crippen LogP) is 2.73. The molecule has 0 aliphatic carbocycles. The summed E-state index contributed by atoms with van der Waals surface area (Å²) in [6.07, 6.45) is 2.43. The topological polar surface area (TPSA) is 12.0 Å². The van der Waals surface area contributed by atoms with Gasteiger partial charge in [0.2, 0.25) is 0 Å². The Balaban J connectivity index is 3.32. The van der Waals surface area contributed by atoms with Crippen LogP contribution in [-0.2, 0) is 0 Å². The Labute approximate surface area is 70.9 Å². The van der Waals surface area contributed by atoms with Crippen LogP contribution in [0.3, 0.4) is 0 Å². The van der Waals surface area contributed by atoms with Crippen molar-refractivity contribution in [1.29, 1.82) is 0 Å². The highest BCUT2D eigenvalue weighted by Crippen LogP contribution is 2.04. The molecule has 0 radical (unpaired) electrons. The molecular weight excluding hydrogens is 134 g/mol. The van der Waals surface area contributed by atoms with E-state index in [1.807, 2.05) is 0 Å². The molecule has 0 aliphatic heterocycles. The van der Waals surface area contributed by atoms with Gasteiger partial charge in [0.25, 0.3) is 0 Å². The van der Waals surface area contributed by atoms with E-state index in [1.54, 1.807) is 0 Å². The van der Waals surface area contributed by atoms with Gasteiger partial charge in [-0.25, -0.2) is 0 Å². The number of hydrogen-bond donors (Lipinski definition) is 1. The number of hydrogen-bond acceptors (Lipinski definition) is 1. The normalized spacial score (nSPS) is 9.82. The van der Waals surface area contributed by atoms with Gasteiger partial charge in [-0.1, -0.05) is 18.1 Å². The van der Waals surface area contributed by atoms with Crippen molar-refractivity contribution in [2.24, 2.45) is 0 Å². The number of rotatable bonds is 5. The van der Waals surface area contributed by atoms with Crippen molar-refractivity contribution >= 4 is 0 Å². The van der Waals surface area contributed by atoms with E-state index in [9.17, 15) is 0 Å². The van der Waals surface area contributed by atoms with Gasteiger partial charge in [-0.05, 0) is 46.7 Å². The zero-order chi connectivity index (χ0) is 8.69. The van der Waals surface area contributed by atoms with Crippen molar-refractivity contribution in [3.8, 4) is 0 Å². The minimum absolute atomic E-state index is 1.13. The molecule has 1 N–H and O–H groups in total. The fourth-order valence-electron chi connectivity index (χ4n) is 0.828. The molecule has 0 atom stereocenters. The predicted molar refractivity (Wildman–Crippen MR) is 51.8 cm³/mol. The van der Waals surface area contributed by atoms with E-state index in [2.05, 4.69) is 33.0 Å². The summed E-state index contributed by atoms with van der Waals surface area (Å²) in [5.74, 6) is 0. The van der Waals surface area contributed by atoms with Crippen LogP contribution in [0.5, 0.6) is 0 Å². The monoisotopic (exact) mass is 155 g/mol. The largest absolute Gasteiger partial charge is 0.316 e. The first kappa shape index (κ1) is 10.7. The standard InChI is InChI=1S/C10H21N/c1-5-7-11-8-6-10(4)9(2)3/h11H,5-8H2,1-4H3. The summed E-state index contributed by atoms with van der Waals surface area (Å²) < 4.78 is 0. The molecule has 0 unspecified atom stereocenters. The first-order valence-electron chi connectivity index (χ1n) is 4.52. The van der Waals surface area contributed by atoms with Gasteiger partial charge in [-0.15, -0.1) is 0 Å². The van der Waals surface area contributed by atoms with Crippen molar-refractivity contribution < 1.29 is 0 Å². The second-order valence-corrected chi connectivity index (χ2v) is 3.28. The van der Waals surface area contributed by atoms with Gasteiger partial charge in [-0.3, -0.25) is 0 Å². The maximum Gasteiger partial charge on any atom is -0.00116 e. The van der Waals surface area contributed by atoms with Crippen LogP contribution in [0.15, 0.2) is 11.1 Å². The summed E-state index contributed by atoms with van der Waals surface area (Å²) in [4.78, 5) is 0. The van der Waals surface area contributed by atoms with Gasteiger partial charge in [0.1, 0.15) is 0 Å². The SMILES string of the molecule is CCCNCCC(C)=C(C)C. The second-order valence-electron chi connectivity index (χ2n) is 3.28. The third-order valence-electron chi connectivity index (χ3n) is 1.96. The second kappa shape index (κ2) is 6.41. The van der Waals surface area contributed by atoms with Crippen LogP contribution >= 0.6 is 0 Å². The van der Waals surface area contributed by atoms with Gasteiger partial charge in [0.15, 0.2) is 0 Å². The van der Waals surface area contributed by atoms with Gasteiger partial charge >= 0.3 is 0 Å². The lowest BCUT2D eigenvalue weighted by molar-refractivity contribution is 0.667. The van der Waals surface area contributed by atoms with E-state index in [1.165, 1.54) is 24.0 Å². The summed E-state index contributed by atoms with van der Waals surface area (Å²) in [7, 11) is 0. The van der Waals surface area contributed by atoms with Crippen LogP contribution < -0.4 is 5.32 Å². The third kappa shape index (κ3) is 6.11. The third-order valence-corrected chi connectivity index (χ3v) is 1.96. The summed E-state index contributed by atoms with van der Waals surface area (Å²) in [6.45, 7) is 11.0. The van der Waals surface area contributed by atoms with Crippen molar-refractivity contribution in [3.05, 3.63) is 11.1 Å². The Morgan fingerprint density at radius 1 is 1.09 bits per heavy atom. The van der Waals surface area contributed by atoms with Gasteiger partial charge in [0.05, 0.1) is 0 Å². The maximum absolute atomic E-state index is 3.39. The van der Waals surface area contributed by atoms with Crippen molar-refractivity contribution in [2.75, 3.05) is 13.1 Å². The van der Waals surface area contributed by atoms with Crippen LogP contribution in [0.1, 0.15) is 40.5 Å². The Bertz CT molecular complexity index is 121. The van der Waals surface area contributed by atoms with Gasteiger partial charge in [-0.2, -0.15) is 0 Å². The summed E-state index contributed by atoms with van der Waals surface area (Å²) in [5, 5.41) is 3.39. The smallest absolute Gasteiger partial charge is 0.00116 e. The highest BCUT2D eigenvalue weighted by atomic mass is 14.8. The molecule has 1 heteroatoms. The Morgan fingerprint density at radius 3 is 2.18 bits per heavy atom. The molecule has 1 nitrogen and oxygen atoms in total. The molecule has 0 amide bonds. The maximum atomic E-state index is 3.39. The molecule has 0 rings (SSSR count). The minimum Gasteiger partial charge on any atom is -0.316 e. The van der Waals surface area contributed by atoms with E-state index in [-0.39, 0.29) is 0 Å². The van der Waals surface area contributed by atoms with E-state index in [0.717, 1.165) is 13.1 Å². The van der Waals surface area contributed by atoms with Crippen LogP contribution in [0.4, 0.5) is 0 Å². The first-order valence-corrected chi connectivity index (χ1v) is 4.52. The number of allylic oxidation sites excluding steroid dienone is 1. The lowest BCUT2D eigenvalue weighted by Gasteiger charge is -2.04. The molecule has 0 aromatic rings. The summed E-state index contributed by atoms with van der Waals surface area (Å²) in [6, 6.07) is 0. The van der Waals surface area contributed by atoms with Crippen LogP contribution in [-0.4, -0.2) is 13.1 Å². The highest BCUT2D eigenvalue weighted by molar-refractivity contribution is 5.06. The van der Waals surface area contributed by atoms with Gasteiger partial charge in [0, 0.05) is 0 Å². The van der Waals surface area contributed by atoms with E-state index < -0.39 is 0 Å². The molecule has 0 aromatic carbocycles. The fourth-order valence-corrected chi connectivity index (χ4v) is 0.828. The molecule has 0 fully saturated rings. The highest BCUT2D eigenvalue weighted by Gasteiger charge is 1.91. The summed E-state index contributed by atoms with van der Waals surface area (Å²) >= 11 is 0. The quantitative estimate of drug-likeness (QED) is 0.475. The lowest BCUT2D eigenvalue weighted by atomic mass is 10.1.